The van der Waals surface area contributed by atoms with Gasteiger partial charge in [-0.3, -0.25) is 15.1 Å². The van der Waals surface area contributed by atoms with E-state index in [0.29, 0.717) is 10.7 Å². The van der Waals surface area contributed by atoms with Gasteiger partial charge in [-0.25, -0.2) is 4.98 Å². The van der Waals surface area contributed by atoms with Gasteiger partial charge in [-0.15, -0.1) is 11.3 Å². The molecular formula is C23H20N4OS2. The van der Waals surface area contributed by atoms with E-state index >= 15 is 0 Å². The lowest BCUT2D eigenvalue weighted by Gasteiger charge is -2.12. The maximum absolute atomic E-state index is 12.3. The van der Waals surface area contributed by atoms with Crippen LogP contribution in [0.15, 0.2) is 76.1 Å². The van der Waals surface area contributed by atoms with E-state index in [1.54, 1.807) is 36.3 Å². The van der Waals surface area contributed by atoms with Crippen molar-refractivity contribution in [3.05, 3.63) is 83.0 Å². The van der Waals surface area contributed by atoms with E-state index in [4.69, 9.17) is 5.73 Å². The van der Waals surface area contributed by atoms with E-state index in [2.05, 4.69) is 41.3 Å². The molecule has 0 radical (unpaired) electrons. The minimum atomic E-state index is -0.194. The highest BCUT2D eigenvalue weighted by Crippen LogP contribution is 2.36. The fraction of sp³-hybridized carbons (Fsp3) is 0.0870. The molecule has 0 aliphatic heterocycles. The van der Waals surface area contributed by atoms with Crippen molar-refractivity contribution < 1.29 is 4.79 Å². The van der Waals surface area contributed by atoms with Crippen LogP contribution in [0.25, 0.3) is 11.3 Å². The molecule has 7 heteroatoms. The molecule has 2 aromatic carbocycles. The highest BCUT2D eigenvalue weighted by Gasteiger charge is 2.13. The van der Waals surface area contributed by atoms with Gasteiger partial charge in [0.1, 0.15) is 0 Å². The fourth-order valence-corrected chi connectivity index (χ4v) is 4.71. The highest BCUT2D eigenvalue weighted by atomic mass is 32.2. The number of anilines is 2. The Kier molecular flexibility index (Phi) is 5.83. The maximum Gasteiger partial charge on any atom is 0.257 e. The molecule has 0 aliphatic rings. The van der Waals surface area contributed by atoms with Crippen molar-refractivity contribution in [3.63, 3.8) is 0 Å². The molecule has 0 unspecified atom stereocenters. The normalized spacial score (nSPS) is 10.7. The van der Waals surface area contributed by atoms with Gasteiger partial charge in [0.05, 0.1) is 5.69 Å². The Labute approximate surface area is 183 Å². The Morgan fingerprint density at radius 2 is 1.70 bits per heavy atom. The number of thiazole rings is 1. The summed E-state index contributed by atoms with van der Waals surface area (Å²) in [6.45, 7) is 4.21. The third kappa shape index (κ3) is 4.53. The number of amides is 1. The monoisotopic (exact) mass is 432 g/mol. The number of aryl methyl sites for hydroxylation is 2. The molecule has 3 N–H and O–H groups in total. The van der Waals surface area contributed by atoms with Crippen molar-refractivity contribution in [2.75, 3.05) is 11.1 Å². The van der Waals surface area contributed by atoms with E-state index in [1.807, 2.05) is 29.6 Å². The van der Waals surface area contributed by atoms with Crippen LogP contribution in [0.1, 0.15) is 21.5 Å². The van der Waals surface area contributed by atoms with Crippen molar-refractivity contribution in [3.8, 4) is 11.3 Å². The summed E-state index contributed by atoms with van der Waals surface area (Å²) in [4.78, 5) is 23.2. The Hall–Kier alpha value is -3.16. The van der Waals surface area contributed by atoms with E-state index in [9.17, 15) is 4.79 Å². The number of benzene rings is 2. The minimum Gasteiger partial charge on any atom is -0.399 e. The van der Waals surface area contributed by atoms with Crippen LogP contribution in [-0.2, 0) is 0 Å². The van der Waals surface area contributed by atoms with Crippen molar-refractivity contribution in [1.29, 1.82) is 0 Å². The van der Waals surface area contributed by atoms with Gasteiger partial charge in [-0.2, -0.15) is 0 Å². The summed E-state index contributed by atoms with van der Waals surface area (Å²) in [5.74, 6) is -0.194. The number of carbonyl (C=O) groups excluding carboxylic acids is 1. The molecule has 0 spiro atoms. The van der Waals surface area contributed by atoms with Gasteiger partial charge in [0.25, 0.3) is 5.91 Å². The van der Waals surface area contributed by atoms with E-state index in [1.165, 1.54) is 27.4 Å². The molecular weight excluding hydrogens is 412 g/mol. The van der Waals surface area contributed by atoms with Gasteiger partial charge in [-0.1, -0.05) is 11.8 Å². The Balaban J connectivity index is 1.53. The average molecular weight is 433 g/mol. The number of carbonyl (C=O) groups is 1. The van der Waals surface area contributed by atoms with E-state index in [0.717, 1.165) is 21.8 Å². The maximum atomic E-state index is 12.3. The van der Waals surface area contributed by atoms with Crippen LogP contribution >= 0.6 is 23.1 Å². The lowest BCUT2D eigenvalue weighted by molar-refractivity contribution is 0.102. The van der Waals surface area contributed by atoms with E-state index in [-0.39, 0.29) is 5.91 Å². The largest absolute Gasteiger partial charge is 0.399 e. The number of hydrogen-bond acceptors (Lipinski definition) is 6. The van der Waals surface area contributed by atoms with Crippen LogP contribution in [0.2, 0.25) is 0 Å². The number of rotatable bonds is 5. The summed E-state index contributed by atoms with van der Waals surface area (Å²) in [6, 6.07) is 15.5. The molecule has 0 saturated heterocycles. The molecule has 2 heterocycles. The average Bonchev–Trinajstić information content (AvgIpc) is 3.21. The summed E-state index contributed by atoms with van der Waals surface area (Å²) in [5.41, 5.74) is 11.3. The summed E-state index contributed by atoms with van der Waals surface area (Å²) < 4.78 is 0. The lowest BCUT2D eigenvalue weighted by Crippen LogP contribution is -2.11. The molecule has 4 aromatic rings. The second-order valence-electron chi connectivity index (χ2n) is 6.84. The van der Waals surface area contributed by atoms with Gasteiger partial charge < -0.3 is 5.73 Å². The van der Waals surface area contributed by atoms with Crippen molar-refractivity contribution >= 4 is 39.8 Å². The van der Waals surface area contributed by atoms with Crippen LogP contribution in [-0.4, -0.2) is 15.9 Å². The predicted octanol–water partition coefficient (Wildman–Crippen LogP) is 5.81. The van der Waals surface area contributed by atoms with Gasteiger partial charge >= 0.3 is 0 Å². The Bertz CT molecular complexity index is 1160. The van der Waals surface area contributed by atoms with Crippen molar-refractivity contribution in [2.24, 2.45) is 0 Å². The van der Waals surface area contributed by atoms with Crippen LogP contribution < -0.4 is 11.1 Å². The molecule has 4 rings (SSSR count). The first-order valence-corrected chi connectivity index (χ1v) is 11.0. The Morgan fingerprint density at radius 1 is 1.03 bits per heavy atom. The van der Waals surface area contributed by atoms with Gasteiger partial charge in [0.15, 0.2) is 5.13 Å². The molecule has 5 nitrogen and oxygen atoms in total. The topological polar surface area (TPSA) is 80.9 Å². The second-order valence-corrected chi connectivity index (χ2v) is 8.78. The SMILES string of the molecule is Cc1cc(-c2csc(NC(=O)c3ccncc3)n2)cc(C)c1Sc1ccc(N)cc1. The number of nitrogens with two attached hydrogens (primary N) is 1. The summed E-state index contributed by atoms with van der Waals surface area (Å²) in [5, 5.41) is 5.39. The number of aromatic nitrogens is 2. The molecule has 0 aliphatic carbocycles. The van der Waals surface area contributed by atoms with E-state index < -0.39 is 0 Å². The zero-order chi connectivity index (χ0) is 21.1. The zero-order valence-electron chi connectivity index (χ0n) is 16.5. The first-order chi connectivity index (χ1) is 14.5. The molecule has 0 atom stereocenters. The molecule has 150 valence electrons. The number of nitrogens with zero attached hydrogens (tertiary/aromatic N) is 2. The van der Waals surface area contributed by atoms with Crippen LogP contribution in [0, 0.1) is 13.8 Å². The summed E-state index contributed by atoms with van der Waals surface area (Å²) >= 11 is 3.14. The third-order valence-corrected chi connectivity index (χ3v) is 6.64. The van der Waals surface area contributed by atoms with Crippen LogP contribution in [0.3, 0.4) is 0 Å². The lowest BCUT2D eigenvalue weighted by atomic mass is 10.1. The van der Waals surface area contributed by atoms with Crippen LogP contribution in [0.4, 0.5) is 10.8 Å². The zero-order valence-corrected chi connectivity index (χ0v) is 18.2. The smallest absolute Gasteiger partial charge is 0.257 e. The first-order valence-electron chi connectivity index (χ1n) is 9.31. The Morgan fingerprint density at radius 3 is 2.37 bits per heavy atom. The summed E-state index contributed by atoms with van der Waals surface area (Å²) in [6.07, 6.45) is 3.19. The van der Waals surface area contributed by atoms with Gasteiger partial charge in [0.2, 0.25) is 0 Å². The summed E-state index contributed by atoms with van der Waals surface area (Å²) in [7, 11) is 0. The number of nitrogen functional groups attached to an aromatic ring is 1. The van der Waals surface area contributed by atoms with Gasteiger partial charge in [-0.05, 0) is 73.5 Å². The molecule has 0 fully saturated rings. The second kappa shape index (κ2) is 8.69. The molecule has 1 amide bonds. The van der Waals surface area contributed by atoms with Crippen LogP contribution in [0.5, 0.6) is 0 Å². The molecule has 2 aromatic heterocycles. The van der Waals surface area contributed by atoms with Crippen molar-refractivity contribution in [1.82, 2.24) is 9.97 Å². The molecule has 30 heavy (non-hydrogen) atoms. The number of nitrogens with one attached hydrogen (secondary N) is 1. The molecule has 0 bridgehead atoms. The highest BCUT2D eigenvalue weighted by molar-refractivity contribution is 7.99. The van der Waals surface area contributed by atoms with Gasteiger partial charge in [0, 0.05) is 44.4 Å². The molecule has 0 saturated carbocycles. The van der Waals surface area contributed by atoms with Crippen molar-refractivity contribution in [2.45, 2.75) is 23.6 Å². The predicted molar refractivity (Wildman–Crippen MR) is 124 cm³/mol. The number of hydrogen-bond donors (Lipinski definition) is 2. The number of pyridine rings is 1. The third-order valence-electron chi connectivity index (χ3n) is 4.52. The standard InChI is InChI=1S/C23H20N4OS2/c1-14-11-17(12-15(2)21(14)30-19-5-3-18(24)4-6-19)20-13-29-23(26-20)27-22(28)16-7-9-25-10-8-16/h3-13H,24H2,1-2H3,(H,26,27,28). The fourth-order valence-electron chi connectivity index (χ4n) is 3.05. The quantitative estimate of drug-likeness (QED) is 0.389. The minimum absolute atomic E-state index is 0.194. The first kappa shape index (κ1) is 20.1.